The van der Waals surface area contributed by atoms with E-state index in [-0.39, 0.29) is 0 Å². The zero-order valence-electron chi connectivity index (χ0n) is 11.0. The van der Waals surface area contributed by atoms with E-state index >= 15 is 0 Å². The molecular formula is C12H21N5S. The fourth-order valence-corrected chi connectivity index (χ4v) is 2.49. The number of nitrogens with two attached hydrogens (primary N) is 1. The molecule has 1 saturated carbocycles. The maximum atomic E-state index is 5.82. The monoisotopic (exact) mass is 267 g/mol. The van der Waals surface area contributed by atoms with E-state index in [9.17, 15) is 0 Å². The average molecular weight is 267 g/mol. The van der Waals surface area contributed by atoms with Gasteiger partial charge in [0.15, 0.2) is 11.1 Å². The second kappa shape index (κ2) is 6.04. The topological polar surface area (TPSA) is 66.5 Å². The molecule has 0 unspecified atom stereocenters. The first-order valence-corrected chi connectivity index (χ1v) is 7.18. The van der Waals surface area contributed by atoms with Crippen molar-refractivity contribution < 1.29 is 0 Å². The van der Waals surface area contributed by atoms with Gasteiger partial charge in [-0.25, -0.2) is 9.98 Å². The van der Waals surface area contributed by atoms with Gasteiger partial charge < -0.3 is 16.0 Å². The number of nitrogens with zero attached hydrogens (tertiary/aromatic N) is 3. The number of nitrogens with one attached hydrogen (secondary N) is 1. The molecule has 1 aliphatic carbocycles. The maximum absolute atomic E-state index is 5.82. The first-order valence-electron chi connectivity index (χ1n) is 6.30. The summed E-state index contributed by atoms with van der Waals surface area (Å²) in [5.74, 6) is 1.32. The lowest BCUT2D eigenvalue weighted by Gasteiger charge is -2.25. The van der Waals surface area contributed by atoms with Gasteiger partial charge in [-0.1, -0.05) is 6.42 Å². The van der Waals surface area contributed by atoms with Crippen molar-refractivity contribution in [1.82, 2.24) is 10.3 Å². The van der Waals surface area contributed by atoms with Crippen LogP contribution in [-0.4, -0.2) is 31.6 Å². The molecule has 0 aromatic carbocycles. The number of aliphatic imine (C=N–C) groups is 1. The predicted octanol–water partition coefficient (Wildman–Crippen LogP) is 1.41. The number of hydrogen-bond acceptors (Lipinski definition) is 4. The second-order valence-corrected chi connectivity index (χ2v) is 5.73. The van der Waals surface area contributed by atoms with E-state index in [2.05, 4.69) is 15.3 Å². The Kier molecular flexibility index (Phi) is 4.41. The highest BCUT2D eigenvalue weighted by Gasteiger charge is 2.16. The molecule has 0 bridgehead atoms. The number of guanidine groups is 1. The fraction of sp³-hybridized carbons (Fsp3) is 0.667. The van der Waals surface area contributed by atoms with Crippen molar-refractivity contribution in [1.29, 1.82) is 0 Å². The zero-order chi connectivity index (χ0) is 13.0. The summed E-state index contributed by atoms with van der Waals surface area (Å²) >= 11 is 1.62. The number of thiazole rings is 1. The highest BCUT2D eigenvalue weighted by molar-refractivity contribution is 7.13. The number of aromatic nitrogens is 1. The number of anilines is 1. The Bertz CT molecular complexity index is 408. The molecule has 0 aliphatic heterocycles. The van der Waals surface area contributed by atoms with Crippen molar-refractivity contribution in [2.75, 3.05) is 25.5 Å². The quantitative estimate of drug-likeness (QED) is 0.625. The van der Waals surface area contributed by atoms with Crippen LogP contribution in [0.4, 0.5) is 5.13 Å². The molecular weight excluding hydrogens is 246 g/mol. The van der Waals surface area contributed by atoms with Crippen LogP contribution in [0, 0.1) is 5.92 Å². The van der Waals surface area contributed by atoms with E-state index in [4.69, 9.17) is 5.73 Å². The lowest BCUT2D eigenvalue weighted by Crippen LogP contribution is -2.37. The molecule has 0 radical (unpaired) electrons. The molecule has 0 saturated heterocycles. The maximum Gasteiger partial charge on any atom is 0.188 e. The summed E-state index contributed by atoms with van der Waals surface area (Å²) in [6, 6.07) is 0. The van der Waals surface area contributed by atoms with Gasteiger partial charge in [-0.15, -0.1) is 11.3 Å². The first-order chi connectivity index (χ1) is 8.65. The molecule has 2 rings (SSSR count). The molecule has 5 nitrogen and oxygen atoms in total. The van der Waals surface area contributed by atoms with Gasteiger partial charge in [0.25, 0.3) is 0 Å². The Balaban J connectivity index is 1.76. The van der Waals surface area contributed by atoms with Crippen LogP contribution in [0.2, 0.25) is 0 Å². The van der Waals surface area contributed by atoms with Crippen molar-refractivity contribution in [2.24, 2.45) is 16.6 Å². The Labute approximate surface area is 112 Å². The van der Waals surface area contributed by atoms with Gasteiger partial charge in [-0.05, 0) is 18.8 Å². The summed E-state index contributed by atoms with van der Waals surface area (Å²) in [5.41, 5.74) is 6.79. The van der Waals surface area contributed by atoms with E-state index in [0.29, 0.717) is 12.5 Å². The molecule has 100 valence electrons. The average Bonchev–Trinajstić information content (AvgIpc) is 2.73. The van der Waals surface area contributed by atoms with E-state index in [1.807, 2.05) is 24.4 Å². The summed E-state index contributed by atoms with van der Waals surface area (Å²) in [6.45, 7) is 1.50. The third-order valence-corrected chi connectivity index (χ3v) is 4.19. The van der Waals surface area contributed by atoms with E-state index < -0.39 is 0 Å². The van der Waals surface area contributed by atoms with Crippen molar-refractivity contribution in [2.45, 2.75) is 25.8 Å². The van der Waals surface area contributed by atoms with Crippen LogP contribution < -0.4 is 16.0 Å². The van der Waals surface area contributed by atoms with E-state index in [0.717, 1.165) is 23.3 Å². The normalized spacial score (nSPS) is 16.4. The van der Waals surface area contributed by atoms with Gasteiger partial charge in [0.05, 0.1) is 12.2 Å². The van der Waals surface area contributed by atoms with Crippen LogP contribution in [0.15, 0.2) is 10.4 Å². The molecule has 3 N–H and O–H groups in total. The Morgan fingerprint density at radius 2 is 2.39 bits per heavy atom. The minimum atomic E-state index is 0.529. The summed E-state index contributed by atoms with van der Waals surface area (Å²) in [6.07, 6.45) is 3.99. The van der Waals surface area contributed by atoms with Gasteiger partial charge in [0.1, 0.15) is 0 Å². The third kappa shape index (κ3) is 3.60. The van der Waals surface area contributed by atoms with Crippen molar-refractivity contribution in [3.63, 3.8) is 0 Å². The van der Waals surface area contributed by atoms with Crippen LogP contribution in [-0.2, 0) is 6.54 Å². The van der Waals surface area contributed by atoms with Gasteiger partial charge >= 0.3 is 0 Å². The highest BCUT2D eigenvalue weighted by Crippen LogP contribution is 2.25. The summed E-state index contributed by atoms with van der Waals surface area (Å²) < 4.78 is 0. The van der Waals surface area contributed by atoms with E-state index in [1.165, 1.54) is 19.3 Å². The van der Waals surface area contributed by atoms with Crippen molar-refractivity contribution in [3.8, 4) is 0 Å². The van der Waals surface area contributed by atoms with Crippen molar-refractivity contribution in [3.05, 3.63) is 11.1 Å². The Morgan fingerprint density at radius 1 is 1.61 bits per heavy atom. The van der Waals surface area contributed by atoms with Gasteiger partial charge in [-0.2, -0.15) is 0 Å². The smallest absolute Gasteiger partial charge is 0.188 e. The molecule has 1 aromatic rings. The van der Waals surface area contributed by atoms with Crippen LogP contribution in [0.25, 0.3) is 0 Å². The number of rotatable bonds is 5. The molecule has 0 atom stereocenters. The highest BCUT2D eigenvalue weighted by atomic mass is 32.1. The van der Waals surface area contributed by atoms with E-state index in [1.54, 1.807) is 11.3 Å². The standard InChI is InChI=1S/C12H21N5S/c1-17(2)12-16-10(8-18-12)7-15-11(13)14-6-9-4-3-5-9/h8-9H,3-7H2,1-2H3,(H3,13,14,15). The molecule has 1 fully saturated rings. The summed E-state index contributed by atoms with van der Waals surface area (Å²) in [7, 11) is 3.97. The molecule has 6 heteroatoms. The second-order valence-electron chi connectivity index (χ2n) is 4.90. The lowest BCUT2D eigenvalue weighted by atomic mass is 9.85. The Hall–Kier alpha value is -1.30. The minimum Gasteiger partial charge on any atom is -0.370 e. The minimum absolute atomic E-state index is 0.529. The largest absolute Gasteiger partial charge is 0.370 e. The SMILES string of the molecule is CN(C)c1nc(CN=C(N)NCC2CCC2)cs1. The van der Waals surface area contributed by atoms with Gasteiger partial charge in [-0.3, -0.25) is 0 Å². The van der Waals surface area contributed by atoms with Crippen LogP contribution >= 0.6 is 11.3 Å². The van der Waals surface area contributed by atoms with Crippen LogP contribution in [0.5, 0.6) is 0 Å². The summed E-state index contributed by atoms with van der Waals surface area (Å²) in [4.78, 5) is 10.8. The van der Waals surface area contributed by atoms with Crippen LogP contribution in [0.1, 0.15) is 25.0 Å². The summed E-state index contributed by atoms with van der Waals surface area (Å²) in [5, 5.41) is 6.20. The molecule has 1 heterocycles. The lowest BCUT2D eigenvalue weighted by molar-refractivity contribution is 0.315. The number of hydrogen-bond donors (Lipinski definition) is 2. The predicted molar refractivity (Wildman–Crippen MR) is 77.1 cm³/mol. The molecule has 18 heavy (non-hydrogen) atoms. The van der Waals surface area contributed by atoms with Crippen LogP contribution in [0.3, 0.4) is 0 Å². The van der Waals surface area contributed by atoms with Gasteiger partial charge in [0, 0.05) is 26.0 Å². The zero-order valence-corrected chi connectivity index (χ0v) is 11.8. The molecule has 0 spiro atoms. The van der Waals surface area contributed by atoms with Gasteiger partial charge in [0.2, 0.25) is 0 Å². The molecule has 0 amide bonds. The third-order valence-electron chi connectivity index (χ3n) is 3.13. The molecule has 1 aliphatic rings. The molecule has 1 aromatic heterocycles. The Morgan fingerprint density at radius 3 is 2.94 bits per heavy atom. The first kappa shape index (κ1) is 13.1. The van der Waals surface area contributed by atoms with Crippen molar-refractivity contribution >= 4 is 22.4 Å². The fourth-order valence-electron chi connectivity index (χ4n) is 1.74.